The Hall–Kier alpha value is -2.16. The van der Waals surface area contributed by atoms with Crippen molar-refractivity contribution in [3.63, 3.8) is 0 Å². The van der Waals surface area contributed by atoms with Crippen molar-refractivity contribution >= 4 is 22.5 Å². The first kappa shape index (κ1) is 11.0. The van der Waals surface area contributed by atoms with E-state index in [1.165, 1.54) is 0 Å². The first-order valence-electron chi connectivity index (χ1n) is 6.05. The van der Waals surface area contributed by atoms with Crippen LogP contribution in [0, 0.1) is 5.92 Å². The molecule has 1 aliphatic rings. The van der Waals surface area contributed by atoms with E-state index >= 15 is 0 Å². The van der Waals surface area contributed by atoms with Crippen molar-refractivity contribution in [3.8, 4) is 0 Å². The van der Waals surface area contributed by atoms with E-state index in [-0.39, 0.29) is 11.8 Å². The highest BCUT2D eigenvalue weighted by molar-refractivity contribution is 5.97. The van der Waals surface area contributed by atoms with Gasteiger partial charge in [-0.15, -0.1) is 6.58 Å². The summed E-state index contributed by atoms with van der Waals surface area (Å²) in [5.74, 6) is 0.435. The summed E-state index contributed by atoms with van der Waals surface area (Å²) in [5, 5.41) is 1.06. The van der Waals surface area contributed by atoms with Crippen LogP contribution in [0.2, 0.25) is 0 Å². The molecule has 3 heteroatoms. The smallest absolute Gasteiger partial charge is 0.227 e. The molecule has 0 bridgehead atoms. The number of hydrogen-bond donors (Lipinski definition) is 0. The predicted molar refractivity (Wildman–Crippen MR) is 72.4 cm³/mol. The normalized spacial score (nSPS) is 19.4. The predicted octanol–water partition coefficient (Wildman–Crippen LogP) is 2.77. The lowest BCUT2D eigenvalue weighted by atomic mass is 10.1. The molecule has 0 saturated carbocycles. The van der Waals surface area contributed by atoms with Crippen LogP contribution in [-0.2, 0) is 4.79 Å². The summed E-state index contributed by atoms with van der Waals surface area (Å²) in [6.45, 7) is 4.50. The molecule has 1 aliphatic heterocycles. The molecule has 0 spiro atoms. The quantitative estimate of drug-likeness (QED) is 0.754. The summed E-state index contributed by atoms with van der Waals surface area (Å²) >= 11 is 0. The fourth-order valence-corrected chi connectivity index (χ4v) is 2.37. The third-order valence-electron chi connectivity index (χ3n) is 3.39. The van der Waals surface area contributed by atoms with E-state index in [9.17, 15) is 4.79 Å². The number of benzene rings is 1. The van der Waals surface area contributed by atoms with Gasteiger partial charge in [-0.3, -0.25) is 9.78 Å². The van der Waals surface area contributed by atoms with E-state index in [0.717, 1.165) is 23.1 Å². The Morgan fingerprint density at radius 1 is 1.39 bits per heavy atom. The number of nitrogens with zero attached hydrogens (tertiary/aromatic N) is 2. The van der Waals surface area contributed by atoms with Crippen molar-refractivity contribution in [3.05, 3.63) is 49.2 Å². The van der Waals surface area contributed by atoms with Gasteiger partial charge in [0.2, 0.25) is 5.91 Å². The Morgan fingerprint density at radius 2 is 2.28 bits per heavy atom. The lowest BCUT2D eigenvalue weighted by Gasteiger charge is -2.16. The monoisotopic (exact) mass is 238 g/mol. The van der Waals surface area contributed by atoms with Crippen LogP contribution in [0.3, 0.4) is 0 Å². The summed E-state index contributed by atoms with van der Waals surface area (Å²) in [5.41, 5.74) is 1.90. The number of fused-ring (bicyclic) bond motifs is 1. The number of aromatic nitrogens is 1. The number of rotatable bonds is 2. The van der Waals surface area contributed by atoms with E-state index in [1.807, 2.05) is 41.3 Å². The molecule has 18 heavy (non-hydrogen) atoms. The zero-order chi connectivity index (χ0) is 12.5. The lowest BCUT2D eigenvalue weighted by Crippen LogP contribution is -2.24. The van der Waals surface area contributed by atoms with Gasteiger partial charge in [0.05, 0.1) is 5.52 Å². The van der Waals surface area contributed by atoms with Crippen LogP contribution < -0.4 is 4.90 Å². The maximum atomic E-state index is 11.9. The molecular weight excluding hydrogens is 224 g/mol. The van der Waals surface area contributed by atoms with Crippen molar-refractivity contribution in [2.45, 2.75) is 6.42 Å². The highest BCUT2D eigenvalue weighted by Crippen LogP contribution is 2.27. The van der Waals surface area contributed by atoms with Gasteiger partial charge in [-0.25, -0.2) is 0 Å². The zero-order valence-corrected chi connectivity index (χ0v) is 10.0. The minimum Gasteiger partial charge on any atom is -0.312 e. The molecule has 0 aliphatic carbocycles. The van der Waals surface area contributed by atoms with Crippen LogP contribution in [0.25, 0.3) is 10.9 Å². The maximum Gasteiger partial charge on any atom is 0.227 e. The van der Waals surface area contributed by atoms with Gasteiger partial charge >= 0.3 is 0 Å². The minimum absolute atomic E-state index is 0.170. The minimum atomic E-state index is 0.170. The largest absolute Gasteiger partial charge is 0.312 e. The Labute approximate surface area is 106 Å². The average Bonchev–Trinajstić information content (AvgIpc) is 2.79. The highest BCUT2D eigenvalue weighted by Gasteiger charge is 2.28. The van der Waals surface area contributed by atoms with E-state index in [4.69, 9.17) is 0 Å². The zero-order valence-electron chi connectivity index (χ0n) is 10.0. The summed E-state index contributed by atoms with van der Waals surface area (Å²) in [6, 6.07) is 9.85. The van der Waals surface area contributed by atoms with E-state index in [0.29, 0.717) is 6.42 Å². The second-order valence-electron chi connectivity index (χ2n) is 4.58. The first-order valence-corrected chi connectivity index (χ1v) is 6.05. The molecule has 1 amide bonds. The SMILES string of the molecule is C=CC1CC(=O)N(c2ccc3ncccc3c2)C1. The molecule has 1 aromatic carbocycles. The fourth-order valence-electron chi connectivity index (χ4n) is 2.37. The summed E-state index contributed by atoms with van der Waals surface area (Å²) in [7, 11) is 0. The summed E-state index contributed by atoms with van der Waals surface area (Å²) < 4.78 is 0. The Kier molecular flexibility index (Phi) is 2.59. The number of amides is 1. The van der Waals surface area contributed by atoms with Crippen molar-refractivity contribution < 1.29 is 4.79 Å². The third kappa shape index (κ3) is 1.78. The average molecular weight is 238 g/mol. The van der Waals surface area contributed by atoms with Gasteiger partial charge in [0.25, 0.3) is 0 Å². The molecule has 0 N–H and O–H groups in total. The summed E-state index contributed by atoms with van der Waals surface area (Å²) in [4.78, 5) is 18.1. The Balaban J connectivity index is 1.99. The van der Waals surface area contributed by atoms with Gasteiger partial charge in [-0.05, 0) is 24.3 Å². The second kappa shape index (κ2) is 4.26. The van der Waals surface area contributed by atoms with Crippen molar-refractivity contribution in [2.24, 2.45) is 5.92 Å². The first-order chi connectivity index (χ1) is 8.78. The number of anilines is 1. The number of pyridine rings is 1. The van der Waals surface area contributed by atoms with Crippen LogP contribution >= 0.6 is 0 Å². The van der Waals surface area contributed by atoms with Crippen molar-refractivity contribution in [2.75, 3.05) is 11.4 Å². The second-order valence-corrected chi connectivity index (χ2v) is 4.58. The van der Waals surface area contributed by atoms with E-state index in [1.54, 1.807) is 6.20 Å². The van der Waals surface area contributed by atoms with Gasteiger partial charge in [0, 0.05) is 36.2 Å². The Bertz CT molecular complexity index is 621. The van der Waals surface area contributed by atoms with E-state index in [2.05, 4.69) is 11.6 Å². The van der Waals surface area contributed by atoms with Gasteiger partial charge in [0.15, 0.2) is 0 Å². The van der Waals surface area contributed by atoms with Gasteiger partial charge in [-0.1, -0.05) is 12.1 Å². The molecule has 1 saturated heterocycles. The van der Waals surface area contributed by atoms with Crippen LogP contribution in [0.15, 0.2) is 49.2 Å². The molecule has 1 unspecified atom stereocenters. The van der Waals surface area contributed by atoms with Gasteiger partial charge < -0.3 is 4.90 Å². The van der Waals surface area contributed by atoms with Gasteiger partial charge in [-0.2, -0.15) is 0 Å². The molecule has 0 radical (unpaired) electrons. The highest BCUT2D eigenvalue weighted by atomic mass is 16.2. The molecule has 2 heterocycles. The molecule has 90 valence electrons. The van der Waals surface area contributed by atoms with Gasteiger partial charge in [0.1, 0.15) is 0 Å². The maximum absolute atomic E-state index is 11.9. The molecule has 1 fully saturated rings. The topological polar surface area (TPSA) is 33.2 Å². The molecule has 3 rings (SSSR count). The Morgan fingerprint density at radius 3 is 3.06 bits per heavy atom. The number of carbonyl (C=O) groups excluding carboxylic acids is 1. The fraction of sp³-hybridized carbons (Fsp3) is 0.200. The third-order valence-corrected chi connectivity index (χ3v) is 3.39. The van der Waals surface area contributed by atoms with Crippen LogP contribution in [0.4, 0.5) is 5.69 Å². The van der Waals surface area contributed by atoms with Crippen LogP contribution in [-0.4, -0.2) is 17.4 Å². The van der Waals surface area contributed by atoms with E-state index < -0.39 is 0 Å². The van der Waals surface area contributed by atoms with Crippen molar-refractivity contribution in [1.82, 2.24) is 4.98 Å². The molecule has 1 atom stereocenters. The standard InChI is InChI=1S/C15H14N2O/c1-2-11-8-15(18)17(10-11)13-5-6-14-12(9-13)4-3-7-16-14/h2-7,9,11H,1,8,10H2. The molecular formula is C15H14N2O. The number of hydrogen-bond acceptors (Lipinski definition) is 2. The molecule has 2 aromatic rings. The summed E-state index contributed by atoms with van der Waals surface area (Å²) in [6.07, 6.45) is 4.20. The molecule has 1 aromatic heterocycles. The lowest BCUT2D eigenvalue weighted by molar-refractivity contribution is -0.117. The van der Waals surface area contributed by atoms with Crippen LogP contribution in [0.5, 0.6) is 0 Å². The van der Waals surface area contributed by atoms with Crippen LogP contribution in [0.1, 0.15) is 6.42 Å². The molecule has 3 nitrogen and oxygen atoms in total. The number of carbonyl (C=O) groups is 1. The van der Waals surface area contributed by atoms with Crippen molar-refractivity contribution in [1.29, 1.82) is 0 Å².